The predicted octanol–water partition coefficient (Wildman–Crippen LogP) is 5.72. The number of aryl methyl sites for hydroxylation is 2. The summed E-state index contributed by atoms with van der Waals surface area (Å²) >= 11 is 1.26. The van der Waals surface area contributed by atoms with Crippen LogP contribution >= 0.6 is 11.3 Å². The molecule has 0 aliphatic rings. The molecule has 6 nitrogen and oxygen atoms in total. The highest BCUT2D eigenvalue weighted by atomic mass is 32.1. The molecule has 1 N–H and O–H groups in total. The van der Waals surface area contributed by atoms with E-state index in [1.807, 2.05) is 67.8 Å². The van der Waals surface area contributed by atoms with Crippen molar-refractivity contribution in [3.05, 3.63) is 87.0 Å². The lowest BCUT2D eigenvalue weighted by atomic mass is 10.0. The molecule has 0 aliphatic carbocycles. The van der Waals surface area contributed by atoms with Gasteiger partial charge in [-0.15, -0.1) is 11.3 Å². The van der Waals surface area contributed by atoms with Gasteiger partial charge in [-0.25, -0.2) is 4.79 Å². The van der Waals surface area contributed by atoms with E-state index < -0.39 is 12.0 Å². The number of ether oxygens (including phenoxy) is 1. The Hall–Kier alpha value is -3.71. The molecule has 0 aliphatic heterocycles. The van der Waals surface area contributed by atoms with Crippen LogP contribution in [-0.4, -0.2) is 23.1 Å². The average molecular weight is 475 g/mol. The van der Waals surface area contributed by atoms with Gasteiger partial charge in [-0.1, -0.05) is 48.5 Å². The summed E-state index contributed by atoms with van der Waals surface area (Å²) in [7, 11) is 0. The molecule has 0 saturated carbocycles. The fourth-order valence-electron chi connectivity index (χ4n) is 4.14. The number of carbonyl (C=O) groups is 2. The van der Waals surface area contributed by atoms with Gasteiger partial charge in [0.15, 0.2) is 0 Å². The summed E-state index contributed by atoms with van der Waals surface area (Å²) < 4.78 is 6.80. The van der Waals surface area contributed by atoms with Crippen LogP contribution in [0.2, 0.25) is 0 Å². The maximum absolute atomic E-state index is 13.4. The van der Waals surface area contributed by atoms with Gasteiger partial charge in [0.1, 0.15) is 16.6 Å². The molecule has 1 atom stereocenters. The zero-order valence-corrected chi connectivity index (χ0v) is 20.4. The number of fused-ring (bicyclic) bond motifs is 1. The molecule has 0 saturated heterocycles. The fraction of sp³-hybridized carbons (Fsp3) is 0.222. The maximum atomic E-state index is 13.4. The molecule has 1 unspecified atom stereocenters. The van der Waals surface area contributed by atoms with E-state index in [9.17, 15) is 14.4 Å². The number of para-hydroxylation sites is 1. The Morgan fingerprint density at radius 2 is 1.79 bits per heavy atom. The number of nitrogens with zero attached hydrogens (tertiary/aromatic N) is 1. The number of amides is 1. The van der Waals surface area contributed by atoms with Gasteiger partial charge in [0.05, 0.1) is 12.1 Å². The first-order valence-corrected chi connectivity index (χ1v) is 12.0. The van der Waals surface area contributed by atoms with Crippen molar-refractivity contribution in [3.8, 4) is 11.1 Å². The third-order valence-electron chi connectivity index (χ3n) is 5.84. The van der Waals surface area contributed by atoms with Crippen molar-refractivity contribution < 1.29 is 14.3 Å². The van der Waals surface area contributed by atoms with Crippen molar-refractivity contribution in [1.29, 1.82) is 0 Å². The Kier molecular flexibility index (Phi) is 6.65. The van der Waals surface area contributed by atoms with Crippen molar-refractivity contribution in [2.75, 3.05) is 11.9 Å². The van der Waals surface area contributed by atoms with Crippen LogP contribution in [0.5, 0.6) is 0 Å². The number of esters is 1. The van der Waals surface area contributed by atoms with Crippen molar-refractivity contribution in [3.63, 3.8) is 0 Å². The van der Waals surface area contributed by atoms with E-state index in [4.69, 9.17) is 4.74 Å². The highest BCUT2D eigenvalue weighted by Crippen LogP contribution is 2.36. The second-order valence-corrected chi connectivity index (χ2v) is 8.99. The van der Waals surface area contributed by atoms with E-state index >= 15 is 0 Å². The molecule has 2 aromatic heterocycles. The molecule has 2 aromatic carbocycles. The van der Waals surface area contributed by atoms with Crippen molar-refractivity contribution in [1.82, 2.24) is 4.57 Å². The summed E-state index contributed by atoms with van der Waals surface area (Å²) in [6.45, 7) is 7.46. The average Bonchev–Trinajstić information content (AvgIpc) is 3.24. The molecule has 4 aromatic rings. The van der Waals surface area contributed by atoms with E-state index in [-0.39, 0.29) is 18.1 Å². The summed E-state index contributed by atoms with van der Waals surface area (Å²) in [5, 5.41) is 6.04. The Morgan fingerprint density at radius 1 is 1.06 bits per heavy atom. The first-order valence-electron chi connectivity index (χ1n) is 11.1. The monoisotopic (exact) mass is 474 g/mol. The van der Waals surface area contributed by atoms with E-state index in [2.05, 4.69) is 5.32 Å². The summed E-state index contributed by atoms with van der Waals surface area (Å²) in [4.78, 5) is 39.2. The van der Waals surface area contributed by atoms with Crippen LogP contribution in [0.25, 0.3) is 22.0 Å². The summed E-state index contributed by atoms with van der Waals surface area (Å²) in [5.41, 5.74) is 4.12. The highest BCUT2D eigenvalue weighted by molar-refractivity contribution is 7.15. The lowest BCUT2D eigenvalue weighted by Crippen LogP contribution is -2.32. The van der Waals surface area contributed by atoms with Gasteiger partial charge < -0.3 is 10.1 Å². The van der Waals surface area contributed by atoms with Gasteiger partial charge in [0.25, 0.3) is 5.56 Å². The van der Waals surface area contributed by atoms with E-state index in [1.165, 1.54) is 15.9 Å². The minimum Gasteiger partial charge on any atom is -0.462 e. The number of hydrogen-bond acceptors (Lipinski definition) is 5. The third kappa shape index (κ3) is 4.26. The highest BCUT2D eigenvalue weighted by Gasteiger charge is 2.26. The number of rotatable bonds is 6. The van der Waals surface area contributed by atoms with Crippen molar-refractivity contribution in [2.45, 2.75) is 33.7 Å². The second kappa shape index (κ2) is 9.65. The van der Waals surface area contributed by atoms with Gasteiger partial charge >= 0.3 is 5.97 Å². The van der Waals surface area contributed by atoms with Crippen LogP contribution in [0.4, 0.5) is 5.00 Å². The number of hydrogen-bond donors (Lipinski definition) is 1. The largest absolute Gasteiger partial charge is 0.462 e. The molecule has 0 radical (unpaired) electrons. The Labute approximate surface area is 201 Å². The molecule has 174 valence electrons. The molecular formula is C27H26N2O4S. The Morgan fingerprint density at radius 3 is 2.50 bits per heavy atom. The quantitative estimate of drug-likeness (QED) is 0.363. The summed E-state index contributed by atoms with van der Waals surface area (Å²) in [5.74, 6) is -0.887. The molecule has 34 heavy (non-hydrogen) atoms. The van der Waals surface area contributed by atoms with E-state index in [0.717, 1.165) is 27.6 Å². The van der Waals surface area contributed by atoms with Gasteiger partial charge in [-0.2, -0.15) is 0 Å². The topological polar surface area (TPSA) is 77.4 Å². The van der Waals surface area contributed by atoms with Gasteiger partial charge in [-0.3, -0.25) is 14.2 Å². The lowest BCUT2D eigenvalue weighted by Gasteiger charge is -2.20. The second-order valence-electron chi connectivity index (χ2n) is 8.11. The number of thiophene rings is 1. The number of anilines is 1. The molecule has 0 spiro atoms. The first-order chi connectivity index (χ1) is 16.3. The fourth-order valence-corrected chi connectivity index (χ4v) is 5.10. The molecule has 4 rings (SSSR count). The SMILES string of the molecule is CCOC(=O)c1c(-c2ccccc2)csc1NC(=O)C(C)n1c(=O)cc(C)c2cccc(C)c21. The van der Waals surface area contributed by atoms with Crippen LogP contribution in [-0.2, 0) is 9.53 Å². The third-order valence-corrected chi connectivity index (χ3v) is 6.74. The number of pyridine rings is 1. The molecular weight excluding hydrogens is 448 g/mol. The normalized spacial score (nSPS) is 11.9. The Balaban J connectivity index is 1.75. The minimum atomic E-state index is -0.797. The number of carbonyl (C=O) groups excluding carboxylic acids is 2. The predicted molar refractivity (Wildman–Crippen MR) is 137 cm³/mol. The Bertz CT molecular complexity index is 1440. The molecule has 2 heterocycles. The molecule has 0 fully saturated rings. The zero-order chi connectivity index (χ0) is 24.4. The molecule has 1 amide bonds. The van der Waals surface area contributed by atoms with Gasteiger partial charge in [0, 0.05) is 22.4 Å². The van der Waals surface area contributed by atoms with Crippen LogP contribution in [0.15, 0.2) is 64.8 Å². The van der Waals surface area contributed by atoms with E-state index in [1.54, 1.807) is 19.9 Å². The number of benzene rings is 2. The van der Waals surface area contributed by atoms with Crippen LogP contribution in [0, 0.1) is 13.8 Å². The first kappa shape index (κ1) is 23.4. The molecule has 0 bridgehead atoms. The number of nitrogens with one attached hydrogen (secondary N) is 1. The van der Waals surface area contributed by atoms with Crippen molar-refractivity contribution in [2.24, 2.45) is 0 Å². The standard InChI is InChI=1S/C27H26N2O4S/c1-5-33-27(32)23-21(19-11-7-6-8-12-19)15-34-26(23)28-25(31)18(4)29-22(30)14-17(3)20-13-9-10-16(2)24(20)29/h6-15,18H,5H2,1-4H3,(H,28,31). The smallest absolute Gasteiger partial charge is 0.341 e. The van der Waals surface area contributed by atoms with Crippen LogP contribution in [0.1, 0.15) is 41.4 Å². The van der Waals surface area contributed by atoms with Crippen LogP contribution < -0.4 is 10.9 Å². The minimum absolute atomic E-state index is 0.219. The zero-order valence-electron chi connectivity index (χ0n) is 19.5. The van der Waals surface area contributed by atoms with Gasteiger partial charge in [0.2, 0.25) is 5.91 Å². The van der Waals surface area contributed by atoms with E-state index in [0.29, 0.717) is 16.1 Å². The van der Waals surface area contributed by atoms with Crippen molar-refractivity contribution >= 4 is 39.1 Å². The summed E-state index contributed by atoms with van der Waals surface area (Å²) in [6, 6.07) is 16.0. The molecule has 7 heteroatoms. The number of aromatic nitrogens is 1. The lowest BCUT2D eigenvalue weighted by molar-refractivity contribution is -0.118. The summed E-state index contributed by atoms with van der Waals surface area (Å²) in [6.07, 6.45) is 0. The van der Waals surface area contributed by atoms with Crippen LogP contribution in [0.3, 0.4) is 0 Å². The maximum Gasteiger partial charge on any atom is 0.341 e. The van der Waals surface area contributed by atoms with Gasteiger partial charge in [-0.05, 0) is 44.4 Å².